The molecule has 8 unspecified atom stereocenters. The average Bonchev–Trinajstić information content (AvgIpc) is 2.49. The van der Waals surface area contributed by atoms with E-state index in [1.54, 1.807) is 6.92 Å². The van der Waals surface area contributed by atoms with Crippen molar-refractivity contribution >= 4 is 80.4 Å². The summed E-state index contributed by atoms with van der Waals surface area (Å²) in [5.74, 6) is 0.524. The van der Waals surface area contributed by atoms with Crippen LogP contribution < -0.4 is 0 Å². The van der Waals surface area contributed by atoms with Gasteiger partial charge in [0.15, 0.2) is 0 Å². The van der Waals surface area contributed by atoms with Gasteiger partial charge in [0.1, 0.15) is 5.78 Å². The van der Waals surface area contributed by atoms with Gasteiger partial charge in [-0.25, -0.2) is 0 Å². The summed E-state index contributed by atoms with van der Waals surface area (Å²) in [4.78, 5) is 11.5. The Morgan fingerprint density at radius 1 is 1.26 bits per heavy atom. The summed E-state index contributed by atoms with van der Waals surface area (Å²) in [6.07, 6.45) is 3.58. The van der Waals surface area contributed by atoms with Crippen LogP contribution in [0.3, 0.4) is 0 Å². The topological polar surface area (TPSA) is 35.5 Å². The lowest BCUT2D eigenvalue weighted by Gasteiger charge is -2.23. The van der Waals surface area contributed by atoms with Gasteiger partial charge in [-0.05, 0) is 40.8 Å². The fourth-order valence-electron chi connectivity index (χ4n) is 1.71. The third-order valence-electron chi connectivity index (χ3n) is 3.02. The van der Waals surface area contributed by atoms with Crippen LogP contribution in [0, 0.1) is 5.92 Å². The molecule has 136 valence electrons. The maximum absolute atomic E-state index is 11.5. The lowest BCUT2D eigenvalue weighted by Crippen LogP contribution is -2.16. The fourth-order valence-corrected chi connectivity index (χ4v) is 6.38. The second kappa shape index (κ2) is 15.2. The number of hydrogen-bond donors (Lipinski definition) is 0. The zero-order valence-corrected chi connectivity index (χ0v) is 23.3. The van der Waals surface area contributed by atoms with Gasteiger partial charge >= 0.3 is 0 Å². The van der Waals surface area contributed by atoms with E-state index in [4.69, 9.17) is 9.05 Å². The van der Waals surface area contributed by atoms with E-state index in [0.717, 1.165) is 18.6 Å². The zero-order valence-electron chi connectivity index (χ0n) is 13.8. The van der Waals surface area contributed by atoms with Gasteiger partial charge in [0.25, 0.3) is 0 Å². The Balaban J connectivity index is 4.85. The van der Waals surface area contributed by atoms with E-state index in [-0.39, 0.29) is 18.9 Å². The molecule has 23 heavy (non-hydrogen) atoms. The summed E-state index contributed by atoms with van der Waals surface area (Å²) in [5.41, 5.74) is 1.14. The Hall–Kier alpha value is 3.20. The van der Waals surface area contributed by atoms with Crippen molar-refractivity contribution in [2.75, 3.05) is 6.61 Å². The maximum atomic E-state index is 11.5. The van der Waals surface area contributed by atoms with Crippen LogP contribution in [-0.4, -0.2) is 18.5 Å². The summed E-state index contributed by atoms with van der Waals surface area (Å²) in [7, 11) is 13.6. The molecule has 0 aliphatic rings. The minimum absolute atomic E-state index is 0.115. The van der Waals surface area contributed by atoms with E-state index in [1.807, 2.05) is 0 Å². The molecule has 0 rings (SSSR count). The molecule has 0 heterocycles. The van der Waals surface area contributed by atoms with Gasteiger partial charge in [0.2, 0.25) is 0 Å². The van der Waals surface area contributed by atoms with Crippen molar-refractivity contribution in [1.82, 2.24) is 0 Å². The van der Waals surface area contributed by atoms with Crippen molar-refractivity contribution in [3.8, 4) is 0 Å². The van der Waals surface area contributed by atoms with Gasteiger partial charge < -0.3 is 9.05 Å². The van der Waals surface area contributed by atoms with E-state index in [0.29, 0.717) is 20.3 Å². The van der Waals surface area contributed by atoms with Gasteiger partial charge in [0.05, 0.1) is 27.8 Å². The van der Waals surface area contributed by atoms with Crippen LogP contribution in [-0.2, 0) is 13.8 Å². The molecular weight excluding hydrogens is 459 g/mol. The van der Waals surface area contributed by atoms with Gasteiger partial charge in [-0.15, -0.1) is 26.8 Å². The monoisotopic (exact) mass is 488 g/mol. The molecule has 0 aromatic rings. The first-order chi connectivity index (χ1) is 10.7. The molecule has 0 radical (unpaired) electrons. The first-order valence-electron chi connectivity index (χ1n) is 7.03. The normalized spacial score (nSPS) is 18.4. The first kappa shape index (κ1) is 26.2. The van der Waals surface area contributed by atoms with Crippen molar-refractivity contribution in [2.24, 2.45) is 5.92 Å². The van der Waals surface area contributed by atoms with Crippen LogP contribution in [0.25, 0.3) is 0 Å². The smallest absolute Gasteiger partial charge is 0.132 e. The van der Waals surface area contributed by atoms with Crippen LogP contribution in [0.1, 0.15) is 33.6 Å². The molecule has 0 bridgehead atoms. The highest BCUT2D eigenvalue weighted by Gasteiger charge is 2.19. The molecule has 0 saturated carbocycles. The Kier molecular flexibility index (Phi) is 17.3. The Labute approximate surface area is 158 Å². The van der Waals surface area contributed by atoms with Crippen LogP contribution in [0.4, 0.5) is 0 Å². The zero-order chi connectivity index (χ0) is 18.0. The molecule has 0 spiro atoms. The highest BCUT2D eigenvalue weighted by Crippen LogP contribution is 2.83. The second-order valence-electron chi connectivity index (χ2n) is 5.01. The Morgan fingerprint density at radius 3 is 2.30 bits per heavy atom. The Morgan fingerprint density at radius 2 is 1.87 bits per heavy atom. The fraction of sp³-hybridized carbons (Fsp3) is 0.727. The van der Waals surface area contributed by atoms with E-state index in [9.17, 15) is 4.79 Å². The minimum Gasteiger partial charge on any atom is -0.350 e. The third-order valence-corrected chi connectivity index (χ3v) is 25.8. The van der Waals surface area contributed by atoms with Gasteiger partial charge in [-0.1, -0.05) is 30.9 Å². The van der Waals surface area contributed by atoms with Crippen molar-refractivity contribution in [2.45, 2.75) is 39.7 Å². The molecule has 3 nitrogen and oxygen atoms in total. The number of hydrogen-bond acceptors (Lipinski definition) is 3. The largest absolute Gasteiger partial charge is 0.350 e. The quantitative estimate of drug-likeness (QED) is 0.218. The summed E-state index contributed by atoms with van der Waals surface area (Å²) in [6, 6.07) is 0. The number of ketones is 1. The summed E-state index contributed by atoms with van der Waals surface area (Å²) >= 11 is 0. The molecule has 0 N–H and O–H groups in total. The van der Waals surface area contributed by atoms with Crippen molar-refractivity contribution in [3.05, 3.63) is 11.6 Å². The highest BCUT2D eigenvalue weighted by atomic mass is 32.8. The highest BCUT2D eigenvalue weighted by molar-refractivity contribution is 8.80. The van der Waals surface area contributed by atoms with Crippen LogP contribution in [0.5, 0.6) is 0 Å². The number of rotatable bonds is 12. The predicted octanol–water partition coefficient (Wildman–Crippen LogP) is 7.07. The molecule has 0 amide bonds. The second-order valence-corrected chi connectivity index (χ2v) is 28.1. The number of Topliss-reactive ketones (excluding diaryl/α,β-unsaturated/α-hetero) is 1. The number of carbonyl (C=O) groups excluding carboxylic acids is 1. The van der Waals surface area contributed by atoms with Crippen molar-refractivity contribution in [3.63, 3.8) is 0 Å². The lowest BCUT2D eigenvalue weighted by molar-refractivity contribution is -0.118. The molecule has 0 aliphatic heterocycles. The summed E-state index contributed by atoms with van der Waals surface area (Å²) < 4.78 is 12.0. The molecule has 0 aliphatic carbocycles. The molecule has 0 aromatic heterocycles. The summed E-state index contributed by atoms with van der Waals surface area (Å²) in [6.45, 7) is 6.37. The third kappa shape index (κ3) is 13.1. The molecule has 0 aromatic carbocycles. The minimum atomic E-state index is -0.557. The first-order valence-corrected chi connectivity index (χ1v) is 21.7. The lowest BCUT2D eigenvalue weighted by atomic mass is 9.99. The SMILES string of the molecule is CC[C@H](/C=C(/C)[C@H](CC(C)=O)OP(P)PP)COP(P)P(P)P. The average molecular weight is 488 g/mol. The van der Waals surface area contributed by atoms with Crippen LogP contribution in [0.2, 0.25) is 0 Å². The number of carbonyl (C=O) groups is 1. The molecule has 12 heteroatoms. The van der Waals surface area contributed by atoms with Gasteiger partial charge in [-0.2, -0.15) is 0 Å². The molecule has 10 atom stereocenters. The summed E-state index contributed by atoms with van der Waals surface area (Å²) in [5, 5.41) is 0. The van der Waals surface area contributed by atoms with Gasteiger partial charge in [-0.3, -0.25) is 4.79 Å². The predicted molar refractivity (Wildman–Crippen MR) is 131 cm³/mol. The molecular formula is C11H29O3P9. The Bertz CT molecular complexity index is 380. The van der Waals surface area contributed by atoms with E-state index in [2.05, 4.69) is 64.6 Å². The van der Waals surface area contributed by atoms with Gasteiger partial charge in [0, 0.05) is 12.3 Å². The standard InChI is InChI=1S/C11H29O3P9/c1-4-10(7-13-22(17)23(18)19)5-8(2)11(6-9(3)12)14-21(16)20-15/h5,10-11,20H,4,6-7,15-19H2,1-3H3/b8-5-/t10-,11+,21?,22?/m1/s1. The van der Waals surface area contributed by atoms with E-state index < -0.39 is 15.1 Å². The van der Waals surface area contributed by atoms with E-state index in [1.165, 1.54) is 0 Å². The van der Waals surface area contributed by atoms with Crippen LogP contribution in [0.15, 0.2) is 11.6 Å². The molecule has 0 fully saturated rings. The van der Waals surface area contributed by atoms with Crippen LogP contribution >= 0.6 is 74.6 Å². The van der Waals surface area contributed by atoms with Crippen molar-refractivity contribution in [1.29, 1.82) is 0 Å². The molecule has 0 saturated heterocycles. The van der Waals surface area contributed by atoms with E-state index >= 15 is 0 Å². The van der Waals surface area contributed by atoms with Crippen molar-refractivity contribution < 1.29 is 13.8 Å². The maximum Gasteiger partial charge on any atom is 0.132 e.